The van der Waals surface area contributed by atoms with Crippen LogP contribution < -0.4 is 0 Å². The third kappa shape index (κ3) is 14.2. The quantitative estimate of drug-likeness (QED) is 0.488. The van der Waals surface area contributed by atoms with Gasteiger partial charge in [0.1, 0.15) is 6.10 Å². The number of hydrogen-bond acceptors (Lipinski definition) is 4. The van der Waals surface area contributed by atoms with Gasteiger partial charge in [-0.05, 0) is 13.3 Å². The lowest BCUT2D eigenvalue weighted by atomic mass is 10.2. The smallest absolute Gasteiger partial charge is 0.332 e. The van der Waals surface area contributed by atoms with E-state index >= 15 is 0 Å². The third-order valence-corrected chi connectivity index (χ3v) is 1.19. The van der Waals surface area contributed by atoms with Gasteiger partial charge in [-0.25, -0.2) is 4.79 Å². The molecule has 0 aliphatic heterocycles. The highest BCUT2D eigenvalue weighted by Gasteiger charge is 2.01. The highest BCUT2D eigenvalue weighted by Crippen LogP contribution is 1.92. The van der Waals surface area contributed by atoms with Crippen LogP contribution in [0.4, 0.5) is 0 Å². The van der Waals surface area contributed by atoms with Crippen LogP contribution in [0.5, 0.6) is 0 Å². The zero-order valence-electron chi connectivity index (χ0n) is 7.97. The predicted molar refractivity (Wildman–Crippen MR) is 47.3 cm³/mol. The lowest BCUT2D eigenvalue weighted by Crippen LogP contribution is -2.13. The molecule has 13 heavy (non-hydrogen) atoms. The standard InChI is InChI=1S/C5H12O2.C3H6O3/c1-2-3-5(7)4-6;1-2(4)3(5)6/h5-7H,2-4H2,1H3;2,4H,1H3,(H,5,6). The largest absolute Gasteiger partial charge is 0.479 e. The number of rotatable bonds is 4. The number of aliphatic hydroxyl groups is 3. The molecule has 2 atom stereocenters. The molecule has 0 aromatic carbocycles. The summed E-state index contributed by atoms with van der Waals surface area (Å²) >= 11 is 0. The van der Waals surface area contributed by atoms with Gasteiger partial charge in [0.15, 0.2) is 0 Å². The number of aliphatic hydroxyl groups excluding tert-OH is 3. The first-order valence-electron chi connectivity index (χ1n) is 4.15. The van der Waals surface area contributed by atoms with Crippen molar-refractivity contribution in [1.82, 2.24) is 0 Å². The molecular weight excluding hydrogens is 176 g/mol. The second-order valence-corrected chi connectivity index (χ2v) is 2.64. The van der Waals surface area contributed by atoms with Gasteiger partial charge in [0.2, 0.25) is 0 Å². The molecule has 0 aromatic rings. The molecule has 2 unspecified atom stereocenters. The van der Waals surface area contributed by atoms with Gasteiger partial charge in [0, 0.05) is 0 Å². The Morgan fingerprint density at radius 2 is 1.77 bits per heavy atom. The molecular formula is C8H18O5. The molecule has 5 nitrogen and oxygen atoms in total. The number of aliphatic carboxylic acids is 1. The maximum absolute atomic E-state index is 9.45. The Balaban J connectivity index is 0. The van der Waals surface area contributed by atoms with Crippen LogP contribution in [-0.4, -0.2) is 45.2 Å². The van der Waals surface area contributed by atoms with Crippen molar-refractivity contribution < 1.29 is 25.2 Å². The first-order valence-corrected chi connectivity index (χ1v) is 4.15. The summed E-state index contributed by atoms with van der Waals surface area (Å²) in [7, 11) is 0. The highest BCUT2D eigenvalue weighted by molar-refractivity contribution is 5.71. The van der Waals surface area contributed by atoms with Crippen LogP contribution >= 0.6 is 0 Å². The molecule has 0 heterocycles. The van der Waals surface area contributed by atoms with E-state index in [4.69, 9.17) is 20.4 Å². The molecule has 5 heteroatoms. The Morgan fingerprint density at radius 3 is 1.85 bits per heavy atom. The average molecular weight is 194 g/mol. The van der Waals surface area contributed by atoms with Gasteiger partial charge >= 0.3 is 5.97 Å². The van der Waals surface area contributed by atoms with Crippen LogP contribution in [0.3, 0.4) is 0 Å². The van der Waals surface area contributed by atoms with Crippen molar-refractivity contribution >= 4 is 5.97 Å². The number of hydrogen-bond donors (Lipinski definition) is 4. The Morgan fingerprint density at radius 1 is 1.38 bits per heavy atom. The molecule has 4 N–H and O–H groups in total. The molecule has 80 valence electrons. The van der Waals surface area contributed by atoms with Crippen molar-refractivity contribution in [1.29, 1.82) is 0 Å². The van der Waals surface area contributed by atoms with E-state index in [1.165, 1.54) is 6.92 Å². The van der Waals surface area contributed by atoms with E-state index in [9.17, 15) is 4.79 Å². The molecule has 0 aliphatic rings. The summed E-state index contributed by atoms with van der Waals surface area (Å²) in [6, 6.07) is 0. The molecule has 0 rings (SSSR count). The maximum Gasteiger partial charge on any atom is 0.332 e. The van der Waals surface area contributed by atoms with E-state index in [2.05, 4.69) is 0 Å². The summed E-state index contributed by atoms with van der Waals surface area (Å²) in [5, 5.41) is 32.6. The molecule has 0 radical (unpaired) electrons. The molecule has 0 aromatic heterocycles. The minimum absolute atomic E-state index is 0.103. The lowest BCUT2D eigenvalue weighted by molar-refractivity contribution is -0.145. The maximum atomic E-state index is 9.45. The van der Waals surface area contributed by atoms with E-state index in [-0.39, 0.29) is 6.61 Å². The number of carboxylic acids is 1. The summed E-state index contributed by atoms with van der Waals surface area (Å²) in [6.45, 7) is 3.06. The first-order chi connectivity index (χ1) is 5.95. The van der Waals surface area contributed by atoms with Gasteiger partial charge in [-0.1, -0.05) is 13.3 Å². The topological polar surface area (TPSA) is 98.0 Å². The van der Waals surface area contributed by atoms with Gasteiger partial charge in [-0.2, -0.15) is 0 Å². The Labute approximate surface area is 77.6 Å². The fourth-order valence-electron chi connectivity index (χ4n) is 0.425. The van der Waals surface area contributed by atoms with Crippen LogP contribution in [0.25, 0.3) is 0 Å². The van der Waals surface area contributed by atoms with Gasteiger partial charge in [-0.15, -0.1) is 0 Å². The van der Waals surface area contributed by atoms with Gasteiger partial charge in [0.25, 0.3) is 0 Å². The van der Waals surface area contributed by atoms with Crippen molar-refractivity contribution in [3.05, 3.63) is 0 Å². The second kappa shape index (κ2) is 9.44. The van der Waals surface area contributed by atoms with Crippen molar-refractivity contribution in [3.8, 4) is 0 Å². The van der Waals surface area contributed by atoms with E-state index in [0.717, 1.165) is 6.42 Å². The van der Waals surface area contributed by atoms with Gasteiger partial charge < -0.3 is 20.4 Å². The van der Waals surface area contributed by atoms with Gasteiger partial charge in [-0.3, -0.25) is 0 Å². The zero-order chi connectivity index (χ0) is 10.9. The molecule has 0 saturated carbocycles. The predicted octanol–water partition coefficient (Wildman–Crippen LogP) is -0.408. The number of carboxylic acid groups (broad SMARTS) is 1. The van der Waals surface area contributed by atoms with Crippen molar-refractivity contribution in [3.63, 3.8) is 0 Å². The van der Waals surface area contributed by atoms with E-state index in [1.807, 2.05) is 6.92 Å². The van der Waals surface area contributed by atoms with E-state index < -0.39 is 18.2 Å². The monoisotopic (exact) mass is 194 g/mol. The first kappa shape index (κ1) is 14.9. The van der Waals surface area contributed by atoms with E-state index in [0.29, 0.717) is 6.42 Å². The van der Waals surface area contributed by atoms with Crippen molar-refractivity contribution in [2.45, 2.75) is 38.9 Å². The van der Waals surface area contributed by atoms with Crippen molar-refractivity contribution in [2.24, 2.45) is 0 Å². The normalized spacial score (nSPS) is 13.9. The van der Waals surface area contributed by atoms with Crippen LogP contribution in [-0.2, 0) is 4.79 Å². The summed E-state index contributed by atoms with van der Waals surface area (Å²) in [5.41, 5.74) is 0. The number of carbonyl (C=O) groups is 1. The third-order valence-electron chi connectivity index (χ3n) is 1.19. The van der Waals surface area contributed by atoms with Crippen LogP contribution in [0, 0.1) is 0 Å². The molecule has 0 fully saturated rings. The average Bonchev–Trinajstić information content (AvgIpc) is 2.05. The minimum atomic E-state index is -1.23. The molecule has 0 aliphatic carbocycles. The van der Waals surface area contributed by atoms with E-state index in [1.54, 1.807) is 0 Å². The van der Waals surface area contributed by atoms with Crippen molar-refractivity contribution in [2.75, 3.05) is 6.61 Å². The fraction of sp³-hybridized carbons (Fsp3) is 0.875. The van der Waals surface area contributed by atoms with Crippen LogP contribution in [0.2, 0.25) is 0 Å². The summed E-state index contributed by atoms with van der Waals surface area (Å²) in [4.78, 5) is 9.45. The Kier molecular flexibility index (Phi) is 10.8. The lowest BCUT2D eigenvalue weighted by Gasteiger charge is -2.01. The molecule has 0 spiro atoms. The SMILES string of the molecule is CC(O)C(=O)O.CCCC(O)CO. The van der Waals surface area contributed by atoms with Crippen LogP contribution in [0.15, 0.2) is 0 Å². The zero-order valence-corrected chi connectivity index (χ0v) is 7.97. The Bertz CT molecular complexity index is 124. The molecule has 0 bridgehead atoms. The summed E-state index contributed by atoms with van der Waals surface area (Å²) in [6.07, 6.45) is -0.0897. The molecule has 0 amide bonds. The second-order valence-electron chi connectivity index (χ2n) is 2.64. The summed E-state index contributed by atoms with van der Waals surface area (Å²) < 4.78 is 0. The highest BCUT2D eigenvalue weighted by atomic mass is 16.4. The minimum Gasteiger partial charge on any atom is -0.479 e. The molecule has 0 saturated heterocycles. The summed E-state index contributed by atoms with van der Waals surface area (Å²) in [5.74, 6) is -1.19. The van der Waals surface area contributed by atoms with Crippen LogP contribution in [0.1, 0.15) is 26.7 Å². The van der Waals surface area contributed by atoms with Gasteiger partial charge in [0.05, 0.1) is 12.7 Å². The fourth-order valence-corrected chi connectivity index (χ4v) is 0.425. The Hall–Kier alpha value is -0.650.